The van der Waals surface area contributed by atoms with Crippen LogP contribution in [-0.2, 0) is 4.74 Å². The second-order valence-electron chi connectivity index (χ2n) is 5.29. The number of likely N-dealkylation sites (tertiary alicyclic amines) is 2. The van der Waals surface area contributed by atoms with Crippen LogP contribution >= 0.6 is 0 Å². The summed E-state index contributed by atoms with van der Waals surface area (Å²) in [6.07, 6.45) is 2.52. The van der Waals surface area contributed by atoms with Gasteiger partial charge >= 0.3 is 0 Å². The topological polar surface area (TPSA) is 15.7 Å². The Kier molecular flexibility index (Phi) is 3.65. The monoisotopic (exact) mass is 212 g/mol. The molecule has 0 bridgehead atoms. The third-order valence-electron chi connectivity index (χ3n) is 3.55. The molecule has 0 N–H and O–H groups in total. The third-order valence-corrected chi connectivity index (χ3v) is 3.55. The Balaban J connectivity index is 1.46. The minimum Gasteiger partial charge on any atom is -0.382 e. The molecule has 88 valence electrons. The van der Waals surface area contributed by atoms with Gasteiger partial charge in [-0.1, -0.05) is 0 Å². The molecule has 0 aromatic rings. The molecule has 2 heterocycles. The lowest BCUT2D eigenvalue weighted by Crippen LogP contribution is -2.71. The van der Waals surface area contributed by atoms with E-state index in [0.29, 0.717) is 5.41 Å². The zero-order chi connectivity index (χ0) is 10.7. The van der Waals surface area contributed by atoms with Gasteiger partial charge in [0.1, 0.15) is 0 Å². The van der Waals surface area contributed by atoms with Crippen molar-refractivity contribution in [1.82, 2.24) is 9.80 Å². The van der Waals surface area contributed by atoms with E-state index in [1.807, 2.05) is 0 Å². The van der Waals surface area contributed by atoms with Crippen LogP contribution in [0.1, 0.15) is 19.8 Å². The van der Waals surface area contributed by atoms with Gasteiger partial charge in [-0.25, -0.2) is 0 Å². The molecule has 2 saturated heterocycles. The second-order valence-corrected chi connectivity index (χ2v) is 5.29. The molecule has 3 nitrogen and oxygen atoms in total. The third kappa shape index (κ3) is 2.71. The number of rotatable bonds is 6. The lowest BCUT2D eigenvalue weighted by atomic mass is 9.73. The smallest absolute Gasteiger partial charge is 0.0466 e. The average Bonchev–Trinajstić information content (AvgIpc) is 2.11. The summed E-state index contributed by atoms with van der Waals surface area (Å²) in [6, 6.07) is 0. The van der Waals surface area contributed by atoms with Gasteiger partial charge in [0, 0.05) is 44.8 Å². The Morgan fingerprint density at radius 3 is 2.47 bits per heavy atom. The maximum absolute atomic E-state index is 5.33. The molecule has 0 saturated carbocycles. The molecule has 1 spiro atoms. The summed E-state index contributed by atoms with van der Waals surface area (Å²) in [5, 5.41) is 0. The van der Waals surface area contributed by atoms with Gasteiger partial charge in [-0.3, -0.25) is 0 Å². The molecule has 3 heteroatoms. The van der Waals surface area contributed by atoms with Gasteiger partial charge in [0.05, 0.1) is 0 Å². The van der Waals surface area contributed by atoms with E-state index in [1.165, 1.54) is 45.6 Å². The highest BCUT2D eigenvalue weighted by Gasteiger charge is 2.49. The van der Waals surface area contributed by atoms with E-state index in [9.17, 15) is 0 Å². The van der Waals surface area contributed by atoms with Crippen LogP contribution in [0.2, 0.25) is 0 Å². The quantitative estimate of drug-likeness (QED) is 0.612. The molecule has 0 amide bonds. The Morgan fingerprint density at radius 1 is 1.13 bits per heavy atom. The van der Waals surface area contributed by atoms with E-state index in [4.69, 9.17) is 4.74 Å². The van der Waals surface area contributed by atoms with Crippen LogP contribution in [-0.4, -0.2) is 62.8 Å². The summed E-state index contributed by atoms with van der Waals surface area (Å²) in [7, 11) is 2.22. The number of ether oxygens (including phenoxy) is 1. The Labute approximate surface area is 93.4 Å². The zero-order valence-electron chi connectivity index (χ0n) is 10.2. The Hall–Kier alpha value is -0.120. The van der Waals surface area contributed by atoms with E-state index in [1.54, 1.807) is 0 Å². The average molecular weight is 212 g/mol. The molecule has 0 radical (unpaired) electrons. The minimum absolute atomic E-state index is 0.703. The number of hydrogen-bond acceptors (Lipinski definition) is 3. The van der Waals surface area contributed by atoms with Crippen LogP contribution in [0.5, 0.6) is 0 Å². The molecule has 0 atom stereocenters. The normalized spacial score (nSPS) is 25.2. The highest BCUT2D eigenvalue weighted by Crippen LogP contribution is 2.38. The molecule has 15 heavy (non-hydrogen) atoms. The second kappa shape index (κ2) is 4.81. The van der Waals surface area contributed by atoms with Gasteiger partial charge in [0.2, 0.25) is 0 Å². The van der Waals surface area contributed by atoms with Crippen molar-refractivity contribution in [3.63, 3.8) is 0 Å². The number of hydrogen-bond donors (Lipinski definition) is 0. The van der Waals surface area contributed by atoms with Gasteiger partial charge in [-0.2, -0.15) is 0 Å². The van der Waals surface area contributed by atoms with Crippen LogP contribution in [0, 0.1) is 5.41 Å². The number of unbranched alkanes of at least 4 members (excludes halogenated alkanes) is 1. The zero-order valence-corrected chi connectivity index (χ0v) is 10.2. The van der Waals surface area contributed by atoms with Crippen molar-refractivity contribution in [2.75, 3.05) is 53.0 Å². The van der Waals surface area contributed by atoms with Crippen LogP contribution in [0.15, 0.2) is 0 Å². The molecule has 0 aliphatic carbocycles. The van der Waals surface area contributed by atoms with E-state index in [2.05, 4.69) is 23.8 Å². The van der Waals surface area contributed by atoms with Crippen molar-refractivity contribution in [3.05, 3.63) is 0 Å². The molecular formula is C12H24N2O. The first kappa shape index (κ1) is 11.4. The molecule has 2 aliphatic rings. The van der Waals surface area contributed by atoms with Gasteiger partial charge in [-0.05, 0) is 33.4 Å². The van der Waals surface area contributed by atoms with Crippen molar-refractivity contribution >= 4 is 0 Å². The van der Waals surface area contributed by atoms with Gasteiger partial charge in [0.15, 0.2) is 0 Å². The van der Waals surface area contributed by atoms with Crippen LogP contribution in [0.4, 0.5) is 0 Å². The van der Waals surface area contributed by atoms with Crippen LogP contribution < -0.4 is 0 Å². The molecular weight excluding hydrogens is 188 g/mol. The Bertz CT molecular complexity index is 194. The predicted octanol–water partition coefficient (Wildman–Crippen LogP) is 1.05. The predicted molar refractivity (Wildman–Crippen MR) is 62.1 cm³/mol. The molecule has 2 fully saturated rings. The first-order valence-electron chi connectivity index (χ1n) is 6.23. The highest BCUT2D eigenvalue weighted by molar-refractivity contribution is 5.04. The van der Waals surface area contributed by atoms with Crippen LogP contribution in [0.3, 0.4) is 0 Å². The SMILES string of the molecule is CCOCCCCN1CC2(CN(C)C2)C1. The van der Waals surface area contributed by atoms with Crippen molar-refractivity contribution in [2.24, 2.45) is 5.41 Å². The van der Waals surface area contributed by atoms with E-state index >= 15 is 0 Å². The van der Waals surface area contributed by atoms with E-state index in [0.717, 1.165) is 13.2 Å². The summed E-state index contributed by atoms with van der Waals surface area (Å²) in [5.74, 6) is 0. The minimum atomic E-state index is 0.703. The molecule has 0 aromatic carbocycles. The first-order chi connectivity index (χ1) is 7.24. The number of nitrogens with zero attached hydrogens (tertiary/aromatic N) is 2. The highest BCUT2D eigenvalue weighted by atomic mass is 16.5. The van der Waals surface area contributed by atoms with Crippen molar-refractivity contribution in [3.8, 4) is 0 Å². The first-order valence-corrected chi connectivity index (χ1v) is 6.23. The standard InChI is InChI=1S/C12H24N2O/c1-3-15-7-5-4-6-14-10-12(11-14)8-13(2)9-12/h3-11H2,1-2H3. The maximum Gasteiger partial charge on any atom is 0.0466 e. The lowest BCUT2D eigenvalue weighted by molar-refractivity contribution is -0.104. The lowest BCUT2D eigenvalue weighted by Gasteiger charge is -2.59. The van der Waals surface area contributed by atoms with E-state index in [-0.39, 0.29) is 0 Å². The van der Waals surface area contributed by atoms with Crippen LogP contribution in [0.25, 0.3) is 0 Å². The van der Waals surface area contributed by atoms with Gasteiger partial charge < -0.3 is 14.5 Å². The largest absolute Gasteiger partial charge is 0.382 e. The fraction of sp³-hybridized carbons (Fsp3) is 1.00. The van der Waals surface area contributed by atoms with Gasteiger partial charge in [0.25, 0.3) is 0 Å². The van der Waals surface area contributed by atoms with E-state index < -0.39 is 0 Å². The fourth-order valence-corrected chi connectivity index (χ4v) is 3.04. The van der Waals surface area contributed by atoms with Crippen molar-refractivity contribution in [1.29, 1.82) is 0 Å². The van der Waals surface area contributed by atoms with Crippen molar-refractivity contribution in [2.45, 2.75) is 19.8 Å². The maximum atomic E-state index is 5.33. The summed E-state index contributed by atoms with van der Waals surface area (Å²) < 4.78 is 5.33. The molecule has 0 aromatic heterocycles. The fourth-order valence-electron chi connectivity index (χ4n) is 3.04. The molecule has 0 unspecified atom stereocenters. The Morgan fingerprint density at radius 2 is 1.87 bits per heavy atom. The summed E-state index contributed by atoms with van der Waals surface area (Å²) in [5.41, 5.74) is 0.703. The molecule has 2 aliphatic heterocycles. The molecule has 2 rings (SSSR count). The van der Waals surface area contributed by atoms with Crippen molar-refractivity contribution < 1.29 is 4.74 Å². The summed E-state index contributed by atoms with van der Waals surface area (Å²) >= 11 is 0. The van der Waals surface area contributed by atoms with Gasteiger partial charge in [-0.15, -0.1) is 0 Å². The summed E-state index contributed by atoms with van der Waals surface area (Å²) in [6.45, 7) is 10.5. The summed E-state index contributed by atoms with van der Waals surface area (Å²) in [4.78, 5) is 5.02.